The van der Waals surface area contributed by atoms with Crippen LogP contribution in [0.3, 0.4) is 0 Å². The van der Waals surface area contributed by atoms with Gasteiger partial charge in [0.2, 0.25) is 0 Å². The Kier molecular flexibility index (Phi) is 1.95. The van der Waals surface area contributed by atoms with Crippen molar-refractivity contribution >= 4 is 0 Å². The molecule has 1 aromatic carbocycles. The molecule has 0 radical (unpaired) electrons. The van der Waals surface area contributed by atoms with Gasteiger partial charge < -0.3 is 9.72 Å². The highest BCUT2D eigenvalue weighted by Crippen LogP contribution is 2.30. The van der Waals surface area contributed by atoms with Crippen LogP contribution in [0.25, 0.3) is 0 Å². The molecule has 3 heteroatoms. The van der Waals surface area contributed by atoms with Gasteiger partial charge in [-0.05, 0) is 5.56 Å². The van der Waals surface area contributed by atoms with Crippen molar-refractivity contribution in [1.29, 1.82) is 0 Å². The molecule has 0 aliphatic carbocycles. The Hall–Kier alpha value is -1.77. The zero-order valence-electron chi connectivity index (χ0n) is 8.36. The number of nitrogens with zero attached hydrogens (tertiary/aromatic N) is 1. The first-order valence-electron chi connectivity index (χ1n) is 5.14. The summed E-state index contributed by atoms with van der Waals surface area (Å²) in [6, 6.07) is 6.35. The highest BCUT2D eigenvalue weighted by atomic mass is 16.5. The van der Waals surface area contributed by atoms with Gasteiger partial charge in [-0.15, -0.1) is 0 Å². The predicted molar refractivity (Wildman–Crippen MR) is 57.0 cm³/mol. The largest absolute Gasteiger partial charge is 0.493 e. The van der Waals surface area contributed by atoms with Gasteiger partial charge in [0.15, 0.2) is 0 Å². The minimum Gasteiger partial charge on any atom is -0.493 e. The second-order valence-electron chi connectivity index (χ2n) is 3.76. The average Bonchev–Trinajstić information content (AvgIpc) is 2.87. The quantitative estimate of drug-likeness (QED) is 0.804. The molecular weight excluding hydrogens is 188 g/mol. The van der Waals surface area contributed by atoms with Crippen LogP contribution in [0, 0.1) is 0 Å². The number of benzene rings is 1. The predicted octanol–water partition coefficient (Wildman–Crippen LogP) is 1.94. The fourth-order valence-corrected chi connectivity index (χ4v) is 2.01. The molecule has 15 heavy (non-hydrogen) atoms. The Bertz CT molecular complexity index is 462. The van der Waals surface area contributed by atoms with Gasteiger partial charge in [-0.2, -0.15) is 0 Å². The second kappa shape index (κ2) is 3.42. The molecule has 3 nitrogen and oxygen atoms in total. The molecule has 0 saturated carbocycles. The van der Waals surface area contributed by atoms with Crippen LogP contribution < -0.4 is 4.74 Å². The minimum atomic E-state index is 0.815. The van der Waals surface area contributed by atoms with E-state index in [2.05, 4.69) is 28.2 Å². The number of hydrogen-bond donors (Lipinski definition) is 1. The van der Waals surface area contributed by atoms with Crippen LogP contribution in [0.1, 0.15) is 16.8 Å². The van der Waals surface area contributed by atoms with Crippen molar-refractivity contribution in [2.75, 3.05) is 6.61 Å². The second-order valence-corrected chi connectivity index (χ2v) is 3.76. The molecule has 3 rings (SSSR count). The van der Waals surface area contributed by atoms with Crippen molar-refractivity contribution < 1.29 is 4.74 Å². The van der Waals surface area contributed by atoms with E-state index in [9.17, 15) is 0 Å². The van der Waals surface area contributed by atoms with Crippen molar-refractivity contribution in [3.8, 4) is 5.75 Å². The SMILES string of the molecule is c1cc2c(c(Cc3cnc[nH]3)c1)OCC2. The number of ether oxygens (including phenoxy) is 1. The number of rotatable bonds is 2. The smallest absolute Gasteiger partial charge is 0.126 e. The van der Waals surface area contributed by atoms with Gasteiger partial charge in [-0.1, -0.05) is 18.2 Å². The van der Waals surface area contributed by atoms with Crippen LogP contribution in [-0.4, -0.2) is 16.6 Å². The first-order valence-corrected chi connectivity index (χ1v) is 5.14. The van der Waals surface area contributed by atoms with Crippen LogP contribution in [0.15, 0.2) is 30.7 Å². The summed E-state index contributed by atoms with van der Waals surface area (Å²) in [4.78, 5) is 7.13. The first kappa shape index (κ1) is 8.53. The molecule has 2 aromatic rings. The Balaban J connectivity index is 1.96. The summed E-state index contributed by atoms with van der Waals surface area (Å²) in [5, 5.41) is 0. The van der Waals surface area contributed by atoms with E-state index in [0.717, 1.165) is 30.9 Å². The van der Waals surface area contributed by atoms with E-state index in [1.165, 1.54) is 11.1 Å². The van der Waals surface area contributed by atoms with Gasteiger partial charge in [0.25, 0.3) is 0 Å². The van der Waals surface area contributed by atoms with Crippen LogP contribution in [0.2, 0.25) is 0 Å². The average molecular weight is 200 g/mol. The zero-order valence-corrected chi connectivity index (χ0v) is 8.36. The number of imidazole rings is 1. The number of fused-ring (bicyclic) bond motifs is 1. The van der Waals surface area contributed by atoms with Crippen LogP contribution in [-0.2, 0) is 12.8 Å². The van der Waals surface area contributed by atoms with E-state index < -0.39 is 0 Å². The topological polar surface area (TPSA) is 37.9 Å². The normalized spacial score (nSPS) is 13.6. The molecule has 0 amide bonds. The molecule has 1 aliphatic heterocycles. The summed E-state index contributed by atoms with van der Waals surface area (Å²) in [6.07, 6.45) is 5.46. The molecule has 0 atom stereocenters. The summed E-state index contributed by atoms with van der Waals surface area (Å²) >= 11 is 0. The van der Waals surface area contributed by atoms with Crippen LogP contribution in [0.4, 0.5) is 0 Å². The van der Waals surface area contributed by atoms with E-state index in [1.54, 1.807) is 6.33 Å². The first-order chi connectivity index (χ1) is 7.43. The van der Waals surface area contributed by atoms with E-state index in [-0.39, 0.29) is 0 Å². The lowest BCUT2D eigenvalue weighted by molar-refractivity contribution is 0.354. The lowest BCUT2D eigenvalue weighted by Crippen LogP contribution is -1.93. The Morgan fingerprint density at radius 2 is 2.40 bits per heavy atom. The molecule has 0 bridgehead atoms. The van der Waals surface area contributed by atoms with E-state index in [1.807, 2.05) is 6.20 Å². The van der Waals surface area contributed by atoms with Gasteiger partial charge in [-0.3, -0.25) is 0 Å². The lowest BCUT2D eigenvalue weighted by atomic mass is 10.0. The fraction of sp³-hybridized carbons (Fsp3) is 0.250. The third-order valence-electron chi connectivity index (χ3n) is 2.73. The number of nitrogens with one attached hydrogen (secondary N) is 1. The zero-order chi connectivity index (χ0) is 10.1. The number of para-hydroxylation sites is 1. The molecule has 0 saturated heterocycles. The van der Waals surface area contributed by atoms with Crippen molar-refractivity contribution in [3.63, 3.8) is 0 Å². The summed E-state index contributed by atoms with van der Waals surface area (Å²) in [5.74, 6) is 1.08. The number of hydrogen-bond acceptors (Lipinski definition) is 2. The summed E-state index contributed by atoms with van der Waals surface area (Å²) in [5.41, 5.74) is 3.69. The third-order valence-corrected chi connectivity index (χ3v) is 2.73. The number of aromatic amines is 1. The van der Waals surface area contributed by atoms with E-state index in [0.29, 0.717) is 0 Å². The molecule has 1 aliphatic rings. The molecule has 0 spiro atoms. The van der Waals surface area contributed by atoms with E-state index in [4.69, 9.17) is 4.74 Å². The van der Waals surface area contributed by atoms with Crippen LogP contribution in [0.5, 0.6) is 5.75 Å². The molecule has 2 heterocycles. The molecule has 1 N–H and O–H groups in total. The fourth-order valence-electron chi connectivity index (χ4n) is 2.01. The summed E-state index contributed by atoms with van der Waals surface area (Å²) in [6.45, 7) is 0.815. The third kappa shape index (κ3) is 1.50. The number of aromatic nitrogens is 2. The lowest BCUT2D eigenvalue weighted by Gasteiger charge is -2.06. The number of H-pyrrole nitrogens is 1. The van der Waals surface area contributed by atoms with Crippen molar-refractivity contribution in [2.24, 2.45) is 0 Å². The van der Waals surface area contributed by atoms with Gasteiger partial charge >= 0.3 is 0 Å². The Labute approximate surface area is 88.1 Å². The van der Waals surface area contributed by atoms with E-state index >= 15 is 0 Å². The summed E-state index contributed by atoms with van der Waals surface area (Å²) < 4.78 is 5.64. The molecule has 76 valence electrons. The highest BCUT2D eigenvalue weighted by molar-refractivity contribution is 5.45. The molecule has 0 fully saturated rings. The Morgan fingerprint density at radius 3 is 3.27 bits per heavy atom. The molecule has 0 unspecified atom stereocenters. The Morgan fingerprint density at radius 1 is 1.40 bits per heavy atom. The maximum Gasteiger partial charge on any atom is 0.126 e. The maximum atomic E-state index is 5.64. The van der Waals surface area contributed by atoms with Gasteiger partial charge in [0.05, 0.1) is 12.9 Å². The standard InChI is InChI=1S/C12H12N2O/c1-2-9-4-5-15-12(9)10(3-1)6-11-7-13-8-14-11/h1-3,7-8H,4-6H2,(H,13,14). The highest BCUT2D eigenvalue weighted by Gasteiger charge is 2.15. The van der Waals surface area contributed by atoms with Gasteiger partial charge in [0.1, 0.15) is 5.75 Å². The van der Waals surface area contributed by atoms with Crippen molar-refractivity contribution in [3.05, 3.63) is 47.5 Å². The molecule has 1 aromatic heterocycles. The monoisotopic (exact) mass is 200 g/mol. The summed E-state index contributed by atoms with van der Waals surface area (Å²) in [7, 11) is 0. The van der Waals surface area contributed by atoms with Gasteiger partial charge in [-0.25, -0.2) is 4.98 Å². The van der Waals surface area contributed by atoms with Gasteiger partial charge in [0, 0.05) is 30.3 Å². The van der Waals surface area contributed by atoms with Crippen molar-refractivity contribution in [2.45, 2.75) is 12.8 Å². The maximum absolute atomic E-state index is 5.64. The van der Waals surface area contributed by atoms with Crippen molar-refractivity contribution in [1.82, 2.24) is 9.97 Å². The molecular formula is C12H12N2O. The van der Waals surface area contributed by atoms with Crippen LogP contribution >= 0.6 is 0 Å². The minimum absolute atomic E-state index is 0.815.